The molecule has 2 aromatic rings. The first-order valence-electron chi connectivity index (χ1n) is 5.87. The zero-order valence-electron chi connectivity index (χ0n) is 10.4. The summed E-state index contributed by atoms with van der Waals surface area (Å²) in [7, 11) is 0. The molecule has 1 heterocycles. The smallest absolute Gasteiger partial charge is 0.306 e. The van der Waals surface area contributed by atoms with Crippen LogP contribution in [0.25, 0.3) is 11.3 Å². The minimum absolute atomic E-state index is 0.268. The Morgan fingerprint density at radius 2 is 2.00 bits per heavy atom. The van der Waals surface area contributed by atoms with Gasteiger partial charge < -0.3 is 5.11 Å². The summed E-state index contributed by atoms with van der Waals surface area (Å²) in [6, 6.07) is 7.68. The number of carboxylic acid groups (broad SMARTS) is 1. The van der Waals surface area contributed by atoms with Gasteiger partial charge in [-0.2, -0.15) is 0 Å². The Morgan fingerprint density at radius 3 is 2.63 bits per heavy atom. The molecule has 19 heavy (non-hydrogen) atoms. The zero-order valence-corrected chi connectivity index (χ0v) is 10.4. The van der Waals surface area contributed by atoms with Crippen LogP contribution >= 0.6 is 0 Å². The fourth-order valence-corrected chi connectivity index (χ4v) is 1.64. The molecule has 5 heteroatoms. The van der Waals surface area contributed by atoms with Gasteiger partial charge in [0, 0.05) is 18.2 Å². The monoisotopic (exact) mass is 260 g/mol. The molecule has 0 aliphatic heterocycles. The Balaban J connectivity index is 2.24. The summed E-state index contributed by atoms with van der Waals surface area (Å²) in [6.07, 6.45) is 1.85. The second-order valence-electron chi connectivity index (χ2n) is 4.31. The minimum Gasteiger partial charge on any atom is -0.481 e. The van der Waals surface area contributed by atoms with Crippen LogP contribution in [0.15, 0.2) is 36.5 Å². The molecule has 0 saturated carbocycles. The van der Waals surface area contributed by atoms with Crippen molar-refractivity contribution in [2.75, 3.05) is 0 Å². The SMILES string of the molecule is CC(Cc1nccc(-c2ccc(F)cc2)n1)C(=O)O. The van der Waals surface area contributed by atoms with Crippen molar-refractivity contribution >= 4 is 5.97 Å². The quantitative estimate of drug-likeness (QED) is 0.917. The molecule has 2 rings (SSSR count). The van der Waals surface area contributed by atoms with Gasteiger partial charge >= 0.3 is 5.97 Å². The highest BCUT2D eigenvalue weighted by molar-refractivity contribution is 5.69. The maximum atomic E-state index is 12.8. The van der Waals surface area contributed by atoms with Crippen LogP contribution in [0, 0.1) is 11.7 Å². The van der Waals surface area contributed by atoms with Crippen LogP contribution in [-0.2, 0) is 11.2 Å². The summed E-state index contributed by atoms with van der Waals surface area (Å²) in [5.41, 5.74) is 1.43. The van der Waals surface area contributed by atoms with E-state index in [9.17, 15) is 9.18 Å². The van der Waals surface area contributed by atoms with Gasteiger partial charge in [0.15, 0.2) is 0 Å². The number of rotatable bonds is 4. The van der Waals surface area contributed by atoms with E-state index in [1.165, 1.54) is 12.1 Å². The molecule has 0 spiro atoms. The molecule has 1 N–H and O–H groups in total. The number of aromatic nitrogens is 2. The van der Waals surface area contributed by atoms with E-state index in [1.54, 1.807) is 31.3 Å². The van der Waals surface area contributed by atoms with Crippen LogP contribution in [-0.4, -0.2) is 21.0 Å². The Morgan fingerprint density at radius 1 is 1.32 bits per heavy atom. The third-order valence-corrected chi connectivity index (χ3v) is 2.76. The molecule has 0 amide bonds. The second-order valence-corrected chi connectivity index (χ2v) is 4.31. The molecule has 0 aliphatic rings. The van der Waals surface area contributed by atoms with E-state index in [2.05, 4.69) is 9.97 Å². The Kier molecular flexibility index (Phi) is 3.85. The average Bonchev–Trinajstić information content (AvgIpc) is 2.39. The number of halogens is 1. The van der Waals surface area contributed by atoms with Gasteiger partial charge in [-0.05, 0) is 30.3 Å². The summed E-state index contributed by atoms with van der Waals surface area (Å²) in [5.74, 6) is -1.26. The Bertz CT molecular complexity index is 584. The molecule has 0 radical (unpaired) electrons. The number of carbonyl (C=O) groups is 1. The van der Waals surface area contributed by atoms with E-state index >= 15 is 0 Å². The third-order valence-electron chi connectivity index (χ3n) is 2.76. The van der Waals surface area contributed by atoms with Gasteiger partial charge in [0.2, 0.25) is 0 Å². The molecule has 0 fully saturated rings. The Hall–Kier alpha value is -2.30. The first-order chi connectivity index (χ1) is 9.06. The topological polar surface area (TPSA) is 63.1 Å². The van der Waals surface area contributed by atoms with Crippen LogP contribution in [0.3, 0.4) is 0 Å². The van der Waals surface area contributed by atoms with Crippen molar-refractivity contribution in [2.24, 2.45) is 5.92 Å². The van der Waals surface area contributed by atoms with E-state index in [0.29, 0.717) is 11.5 Å². The highest BCUT2D eigenvalue weighted by Crippen LogP contribution is 2.17. The zero-order chi connectivity index (χ0) is 13.8. The molecule has 4 nitrogen and oxygen atoms in total. The summed E-state index contributed by atoms with van der Waals surface area (Å²) >= 11 is 0. The highest BCUT2D eigenvalue weighted by atomic mass is 19.1. The predicted molar refractivity (Wildman–Crippen MR) is 67.9 cm³/mol. The van der Waals surface area contributed by atoms with Gasteiger partial charge in [-0.3, -0.25) is 4.79 Å². The number of hydrogen-bond acceptors (Lipinski definition) is 3. The van der Waals surface area contributed by atoms with Gasteiger partial charge in [-0.25, -0.2) is 14.4 Å². The first-order valence-corrected chi connectivity index (χ1v) is 5.87. The van der Waals surface area contributed by atoms with E-state index in [4.69, 9.17) is 5.11 Å². The molecule has 0 bridgehead atoms. The van der Waals surface area contributed by atoms with E-state index in [-0.39, 0.29) is 12.2 Å². The second kappa shape index (κ2) is 5.56. The number of benzene rings is 1. The standard InChI is InChI=1S/C14H13FN2O2/c1-9(14(18)19)8-13-16-7-6-12(17-13)10-2-4-11(15)5-3-10/h2-7,9H,8H2,1H3,(H,18,19). The molecule has 98 valence electrons. The fraction of sp³-hybridized carbons (Fsp3) is 0.214. The lowest BCUT2D eigenvalue weighted by Crippen LogP contribution is -2.14. The van der Waals surface area contributed by atoms with Gasteiger partial charge in [0.25, 0.3) is 0 Å². The molecule has 1 atom stereocenters. The van der Waals surface area contributed by atoms with E-state index in [0.717, 1.165) is 5.56 Å². The summed E-state index contributed by atoms with van der Waals surface area (Å²) < 4.78 is 12.8. The molecule has 0 aliphatic carbocycles. The number of aliphatic carboxylic acids is 1. The van der Waals surface area contributed by atoms with Crippen LogP contribution in [0.1, 0.15) is 12.7 Å². The van der Waals surface area contributed by atoms with Crippen LogP contribution in [0.2, 0.25) is 0 Å². The van der Waals surface area contributed by atoms with E-state index < -0.39 is 11.9 Å². The van der Waals surface area contributed by atoms with Crippen LogP contribution in [0.5, 0.6) is 0 Å². The highest BCUT2D eigenvalue weighted by Gasteiger charge is 2.13. The Labute approximate surface area is 110 Å². The first kappa shape index (κ1) is 13.1. The molecule has 1 aromatic carbocycles. The lowest BCUT2D eigenvalue weighted by molar-refractivity contribution is -0.141. The van der Waals surface area contributed by atoms with Crippen molar-refractivity contribution in [2.45, 2.75) is 13.3 Å². The lowest BCUT2D eigenvalue weighted by atomic mass is 10.1. The van der Waals surface area contributed by atoms with Crippen molar-refractivity contribution in [3.05, 3.63) is 48.2 Å². The fourth-order valence-electron chi connectivity index (χ4n) is 1.64. The van der Waals surface area contributed by atoms with Crippen molar-refractivity contribution in [3.8, 4) is 11.3 Å². The van der Waals surface area contributed by atoms with E-state index in [1.807, 2.05) is 0 Å². The van der Waals surface area contributed by atoms with Crippen molar-refractivity contribution in [1.82, 2.24) is 9.97 Å². The number of carboxylic acids is 1. The van der Waals surface area contributed by atoms with Crippen LogP contribution in [0.4, 0.5) is 4.39 Å². The molecule has 1 unspecified atom stereocenters. The molecular formula is C14H13FN2O2. The van der Waals surface area contributed by atoms with Crippen molar-refractivity contribution in [1.29, 1.82) is 0 Å². The normalized spacial score (nSPS) is 12.1. The maximum Gasteiger partial charge on any atom is 0.306 e. The summed E-state index contributed by atoms with van der Waals surface area (Å²) in [6.45, 7) is 1.61. The number of nitrogens with zero attached hydrogens (tertiary/aromatic N) is 2. The van der Waals surface area contributed by atoms with Gasteiger partial charge in [0.05, 0.1) is 11.6 Å². The van der Waals surface area contributed by atoms with Crippen molar-refractivity contribution < 1.29 is 14.3 Å². The lowest BCUT2D eigenvalue weighted by Gasteiger charge is -2.06. The van der Waals surface area contributed by atoms with Crippen molar-refractivity contribution in [3.63, 3.8) is 0 Å². The van der Waals surface area contributed by atoms with Gasteiger partial charge in [0.1, 0.15) is 11.6 Å². The average molecular weight is 260 g/mol. The third kappa shape index (κ3) is 3.34. The minimum atomic E-state index is -0.879. The molecule has 1 aromatic heterocycles. The van der Waals surface area contributed by atoms with Gasteiger partial charge in [-0.1, -0.05) is 6.92 Å². The molecular weight excluding hydrogens is 247 g/mol. The van der Waals surface area contributed by atoms with Crippen LogP contribution < -0.4 is 0 Å². The molecule has 0 saturated heterocycles. The predicted octanol–water partition coefficient (Wildman–Crippen LogP) is 2.55. The summed E-state index contributed by atoms with van der Waals surface area (Å²) in [5, 5.41) is 8.86. The maximum absolute atomic E-state index is 12.8. The van der Waals surface area contributed by atoms with Gasteiger partial charge in [-0.15, -0.1) is 0 Å². The summed E-state index contributed by atoms with van der Waals surface area (Å²) in [4.78, 5) is 19.2. The number of hydrogen-bond donors (Lipinski definition) is 1. The largest absolute Gasteiger partial charge is 0.481 e.